The third kappa shape index (κ3) is 3.12. The molecular weight excluding hydrogens is 320 g/mol. The van der Waals surface area contributed by atoms with Gasteiger partial charge in [0, 0.05) is 12.2 Å². The first kappa shape index (κ1) is 16.4. The van der Waals surface area contributed by atoms with Crippen LogP contribution >= 0.6 is 11.8 Å². The highest BCUT2D eigenvalue weighted by Crippen LogP contribution is 2.33. The van der Waals surface area contributed by atoms with Gasteiger partial charge in [0.2, 0.25) is 0 Å². The lowest BCUT2D eigenvalue weighted by Crippen LogP contribution is -2.50. The van der Waals surface area contributed by atoms with E-state index in [9.17, 15) is 10.2 Å². The maximum Gasteiger partial charge on any atom is 0.167 e. The molecule has 23 heavy (non-hydrogen) atoms. The molecule has 1 aliphatic heterocycles. The molecule has 0 radical (unpaired) electrons. The summed E-state index contributed by atoms with van der Waals surface area (Å²) in [6, 6.07) is 0. The predicted molar refractivity (Wildman–Crippen MR) is 85.4 cm³/mol. The van der Waals surface area contributed by atoms with Gasteiger partial charge in [-0.2, -0.15) is 11.8 Å². The van der Waals surface area contributed by atoms with E-state index in [0.717, 1.165) is 18.7 Å². The molecule has 0 amide bonds. The van der Waals surface area contributed by atoms with Crippen LogP contribution < -0.4 is 11.5 Å². The van der Waals surface area contributed by atoms with Crippen LogP contribution in [0.25, 0.3) is 11.2 Å². The van der Waals surface area contributed by atoms with E-state index in [4.69, 9.17) is 10.5 Å². The van der Waals surface area contributed by atoms with Crippen LogP contribution in [0.5, 0.6) is 0 Å². The second-order valence-electron chi connectivity index (χ2n) is 5.41. The Morgan fingerprint density at radius 3 is 2.91 bits per heavy atom. The second kappa shape index (κ2) is 6.97. The van der Waals surface area contributed by atoms with E-state index in [0.29, 0.717) is 16.9 Å². The van der Waals surface area contributed by atoms with Crippen molar-refractivity contribution in [2.75, 3.05) is 23.8 Å². The number of fused-ring (bicyclic) bond motifs is 1. The molecule has 0 unspecified atom stereocenters. The molecular formula is C13H21N6O3S+. The SMILES string of the molecule is Nc1ncnc2c1ncn2[C@@H]1O[C@H](CSCCC[NH3+])[C@@H](O)[C@H]1O. The Morgan fingerprint density at radius 1 is 1.30 bits per heavy atom. The van der Waals surface area contributed by atoms with Crippen molar-refractivity contribution in [2.45, 2.75) is 31.0 Å². The van der Waals surface area contributed by atoms with Gasteiger partial charge < -0.3 is 26.4 Å². The highest BCUT2D eigenvalue weighted by atomic mass is 32.2. The molecule has 2 aromatic heterocycles. The summed E-state index contributed by atoms with van der Waals surface area (Å²) in [6.07, 6.45) is 0.644. The van der Waals surface area contributed by atoms with Crippen LogP contribution in [-0.2, 0) is 4.74 Å². The summed E-state index contributed by atoms with van der Waals surface area (Å²) in [5.41, 5.74) is 10.5. The maximum absolute atomic E-state index is 10.3. The standard InChI is InChI=1S/C13H20N6O3S/c14-2-1-3-23-4-7-9(20)10(21)13(22-7)19-6-18-8-11(15)16-5-17-12(8)19/h5-7,9-10,13,20-21H,1-4,14H2,(H2,15,16,17)/p+1/t7-,9-,10-,13-/m1/s1. The summed E-state index contributed by atoms with van der Waals surface area (Å²) < 4.78 is 7.43. The van der Waals surface area contributed by atoms with E-state index < -0.39 is 24.5 Å². The second-order valence-corrected chi connectivity index (χ2v) is 6.56. The zero-order valence-electron chi connectivity index (χ0n) is 12.6. The molecule has 3 rings (SSSR count). The van der Waals surface area contributed by atoms with E-state index in [2.05, 4.69) is 20.7 Å². The molecule has 1 saturated heterocycles. The maximum atomic E-state index is 10.3. The van der Waals surface area contributed by atoms with Gasteiger partial charge in [0.15, 0.2) is 17.7 Å². The first-order valence-electron chi connectivity index (χ1n) is 7.45. The number of aliphatic hydroxyl groups excluding tert-OH is 2. The Hall–Kier alpha value is -1.46. The minimum atomic E-state index is -1.05. The number of aliphatic hydroxyl groups is 2. The van der Waals surface area contributed by atoms with Crippen molar-refractivity contribution in [1.82, 2.24) is 19.5 Å². The number of ether oxygens (including phenoxy) is 1. The molecule has 0 spiro atoms. The van der Waals surface area contributed by atoms with Crippen LogP contribution in [0.4, 0.5) is 5.82 Å². The molecule has 0 aliphatic carbocycles. The summed E-state index contributed by atoms with van der Waals surface area (Å²) in [5, 5.41) is 20.5. The van der Waals surface area contributed by atoms with E-state index in [1.165, 1.54) is 12.7 Å². The van der Waals surface area contributed by atoms with Gasteiger partial charge in [0.25, 0.3) is 0 Å². The lowest BCUT2D eigenvalue weighted by molar-refractivity contribution is -0.367. The third-order valence-electron chi connectivity index (χ3n) is 3.82. The number of quaternary nitrogens is 1. The lowest BCUT2D eigenvalue weighted by atomic mass is 10.1. The molecule has 0 bridgehead atoms. The summed E-state index contributed by atoms with van der Waals surface area (Å²) in [4.78, 5) is 12.2. The van der Waals surface area contributed by atoms with Crippen molar-refractivity contribution in [3.63, 3.8) is 0 Å². The molecule has 1 fully saturated rings. The van der Waals surface area contributed by atoms with Gasteiger partial charge >= 0.3 is 0 Å². The fourth-order valence-corrected chi connectivity index (χ4v) is 3.64. The average Bonchev–Trinajstić information content (AvgIpc) is 3.09. The van der Waals surface area contributed by atoms with E-state index in [1.807, 2.05) is 0 Å². The summed E-state index contributed by atoms with van der Waals surface area (Å²) in [5.74, 6) is 1.83. The minimum Gasteiger partial charge on any atom is -0.387 e. The normalized spacial score (nSPS) is 27.8. The topological polar surface area (TPSA) is 147 Å². The zero-order chi connectivity index (χ0) is 16.4. The van der Waals surface area contributed by atoms with Crippen molar-refractivity contribution in [2.24, 2.45) is 0 Å². The van der Waals surface area contributed by atoms with Crippen molar-refractivity contribution in [3.8, 4) is 0 Å². The van der Waals surface area contributed by atoms with Crippen LogP contribution in [0.2, 0.25) is 0 Å². The van der Waals surface area contributed by atoms with Gasteiger partial charge in [-0.1, -0.05) is 0 Å². The molecule has 0 aromatic carbocycles. The number of nitrogens with two attached hydrogens (primary N) is 1. The van der Waals surface area contributed by atoms with Crippen molar-refractivity contribution >= 4 is 28.7 Å². The quantitative estimate of drug-likeness (QED) is 0.459. The number of aromatic nitrogens is 4. The fourth-order valence-electron chi connectivity index (χ4n) is 2.56. The van der Waals surface area contributed by atoms with E-state index in [-0.39, 0.29) is 5.82 Å². The zero-order valence-corrected chi connectivity index (χ0v) is 13.4. The number of anilines is 1. The van der Waals surface area contributed by atoms with Crippen LogP contribution in [0.1, 0.15) is 12.6 Å². The van der Waals surface area contributed by atoms with Gasteiger partial charge in [0.1, 0.15) is 24.1 Å². The first-order valence-corrected chi connectivity index (χ1v) is 8.60. The highest BCUT2D eigenvalue weighted by Gasteiger charge is 2.44. The number of imidazole rings is 1. The van der Waals surface area contributed by atoms with Crippen LogP contribution in [0, 0.1) is 0 Å². The van der Waals surface area contributed by atoms with Crippen LogP contribution in [0.3, 0.4) is 0 Å². The summed E-state index contributed by atoms with van der Waals surface area (Å²) in [6.45, 7) is 0.883. The number of thioether (sulfide) groups is 1. The Bertz CT molecular complexity index is 668. The Kier molecular flexibility index (Phi) is 4.97. The Labute approximate surface area is 137 Å². The number of rotatable bonds is 6. The molecule has 10 heteroatoms. The van der Waals surface area contributed by atoms with Crippen molar-refractivity contribution in [1.29, 1.82) is 0 Å². The van der Waals surface area contributed by atoms with E-state index in [1.54, 1.807) is 16.3 Å². The largest absolute Gasteiger partial charge is 0.387 e. The fraction of sp³-hybridized carbons (Fsp3) is 0.615. The molecule has 7 N–H and O–H groups in total. The molecule has 3 heterocycles. The number of nitrogens with zero attached hydrogens (tertiary/aromatic N) is 4. The molecule has 9 nitrogen and oxygen atoms in total. The molecule has 1 aliphatic rings. The predicted octanol–water partition coefficient (Wildman–Crippen LogP) is -1.61. The minimum absolute atomic E-state index is 0.266. The Morgan fingerprint density at radius 2 is 2.13 bits per heavy atom. The van der Waals surface area contributed by atoms with Crippen molar-refractivity contribution < 1.29 is 20.7 Å². The third-order valence-corrected chi connectivity index (χ3v) is 4.96. The van der Waals surface area contributed by atoms with Gasteiger partial charge in [-0.15, -0.1) is 0 Å². The Balaban J connectivity index is 1.76. The van der Waals surface area contributed by atoms with Gasteiger partial charge in [-0.05, 0) is 5.75 Å². The van der Waals surface area contributed by atoms with Crippen molar-refractivity contribution in [3.05, 3.63) is 12.7 Å². The van der Waals surface area contributed by atoms with Gasteiger partial charge in [0.05, 0.1) is 19.0 Å². The molecule has 0 saturated carbocycles. The summed E-state index contributed by atoms with van der Waals surface area (Å²) in [7, 11) is 0. The first-order chi connectivity index (χ1) is 11.1. The molecule has 126 valence electrons. The molecule has 2 aromatic rings. The summed E-state index contributed by atoms with van der Waals surface area (Å²) >= 11 is 1.68. The number of hydrogen-bond donors (Lipinski definition) is 4. The van der Waals surface area contributed by atoms with Gasteiger partial charge in [-0.3, -0.25) is 4.57 Å². The van der Waals surface area contributed by atoms with Gasteiger partial charge in [-0.25, -0.2) is 15.0 Å². The van der Waals surface area contributed by atoms with Crippen LogP contribution in [-0.4, -0.2) is 66.1 Å². The van der Waals surface area contributed by atoms with E-state index >= 15 is 0 Å². The molecule has 4 atom stereocenters. The van der Waals surface area contributed by atoms with Crippen LogP contribution in [0.15, 0.2) is 12.7 Å². The number of nitrogen functional groups attached to an aromatic ring is 1. The highest BCUT2D eigenvalue weighted by molar-refractivity contribution is 7.99. The average molecular weight is 341 g/mol. The smallest absolute Gasteiger partial charge is 0.167 e. The lowest BCUT2D eigenvalue weighted by Gasteiger charge is -2.16. The number of hydrogen-bond acceptors (Lipinski definition) is 8. The monoisotopic (exact) mass is 341 g/mol.